The number of hydrogen-bond donors (Lipinski definition) is 1. The van der Waals surface area contributed by atoms with E-state index in [1.54, 1.807) is 18.2 Å². The Labute approximate surface area is 161 Å². The second kappa shape index (κ2) is 7.48. The molecule has 4 rings (SSSR count). The average Bonchev–Trinajstić information content (AvgIpc) is 3.35. The zero-order valence-corrected chi connectivity index (χ0v) is 14.8. The van der Waals surface area contributed by atoms with Crippen molar-refractivity contribution in [3.8, 4) is 17.1 Å². The smallest absolute Gasteiger partial charge is 0.248 e. The lowest BCUT2D eigenvalue weighted by molar-refractivity contribution is -0.117. The molecule has 4 aromatic rings. The largest absolute Gasteiger partial charge is 0.324 e. The SMILES string of the molecule is O=C(Cn1nnc(-c2cc(Cl)ccc2-n2cnnn2)n1)Nc1ccc(F)cc1. The van der Waals surface area contributed by atoms with Crippen LogP contribution in [-0.2, 0) is 11.3 Å². The Morgan fingerprint density at radius 3 is 2.71 bits per heavy atom. The molecular weight excluding hydrogens is 389 g/mol. The van der Waals surface area contributed by atoms with Gasteiger partial charge in [0, 0.05) is 10.7 Å². The number of tetrazole rings is 2. The second-order valence-electron chi connectivity index (χ2n) is 5.61. The highest BCUT2D eigenvalue weighted by Gasteiger charge is 2.15. The summed E-state index contributed by atoms with van der Waals surface area (Å²) in [5, 5.41) is 26.3. The minimum Gasteiger partial charge on any atom is -0.324 e. The fourth-order valence-corrected chi connectivity index (χ4v) is 2.61. The first-order chi connectivity index (χ1) is 13.6. The fourth-order valence-electron chi connectivity index (χ4n) is 2.44. The van der Waals surface area contributed by atoms with Gasteiger partial charge in [-0.2, -0.15) is 9.48 Å². The molecule has 0 spiro atoms. The predicted molar refractivity (Wildman–Crippen MR) is 96.0 cm³/mol. The summed E-state index contributed by atoms with van der Waals surface area (Å²) in [6.07, 6.45) is 1.42. The maximum absolute atomic E-state index is 12.9. The van der Waals surface area contributed by atoms with Gasteiger partial charge in [0.15, 0.2) is 0 Å². The van der Waals surface area contributed by atoms with Crippen molar-refractivity contribution in [2.24, 2.45) is 0 Å². The molecule has 2 heterocycles. The van der Waals surface area contributed by atoms with Gasteiger partial charge >= 0.3 is 0 Å². The van der Waals surface area contributed by atoms with Gasteiger partial charge in [-0.15, -0.1) is 15.3 Å². The van der Waals surface area contributed by atoms with Crippen LogP contribution in [0.1, 0.15) is 0 Å². The van der Waals surface area contributed by atoms with Crippen LogP contribution >= 0.6 is 11.6 Å². The van der Waals surface area contributed by atoms with E-state index in [-0.39, 0.29) is 24.1 Å². The van der Waals surface area contributed by atoms with Crippen molar-refractivity contribution in [1.29, 1.82) is 0 Å². The molecule has 0 aliphatic heterocycles. The lowest BCUT2D eigenvalue weighted by atomic mass is 10.1. The number of halogens is 2. The molecule has 0 fully saturated rings. The summed E-state index contributed by atoms with van der Waals surface area (Å²) in [6.45, 7) is -0.175. The summed E-state index contributed by atoms with van der Waals surface area (Å²) in [5.74, 6) is -0.523. The first kappa shape index (κ1) is 17.7. The van der Waals surface area contributed by atoms with Crippen LogP contribution in [0.15, 0.2) is 48.8 Å². The number of anilines is 1. The molecule has 0 aliphatic carbocycles. The molecule has 2 aromatic carbocycles. The Hall–Kier alpha value is -3.73. The Morgan fingerprint density at radius 2 is 1.96 bits per heavy atom. The van der Waals surface area contributed by atoms with Crippen LogP contribution in [-0.4, -0.2) is 46.3 Å². The van der Waals surface area contributed by atoms with E-state index in [9.17, 15) is 9.18 Å². The van der Waals surface area contributed by atoms with Gasteiger partial charge in [0.05, 0.1) is 11.3 Å². The molecule has 0 saturated heterocycles. The first-order valence-electron chi connectivity index (χ1n) is 7.95. The maximum Gasteiger partial charge on any atom is 0.248 e. The van der Waals surface area contributed by atoms with Crippen molar-refractivity contribution < 1.29 is 9.18 Å². The summed E-state index contributed by atoms with van der Waals surface area (Å²) in [7, 11) is 0. The fraction of sp³-hybridized carbons (Fsp3) is 0.0625. The molecule has 140 valence electrons. The molecule has 1 N–H and O–H groups in total. The van der Waals surface area contributed by atoms with Gasteiger partial charge in [0.25, 0.3) is 0 Å². The molecular formula is C16H11ClFN9O. The standard InChI is InChI=1S/C16H11ClFN9O/c17-10-1-6-14(26-9-19-23-25-26)13(7-10)16-21-24-27(22-16)8-15(28)20-12-4-2-11(18)3-5-12/h1-7,9H,8H2,(H,20,28). The summed E-state index contributed by atoms with van der Waals surface area (Å²) in [6, 6.07) is 10.5. The molecule has 0 radical (unpaired) electrons. The molecule has 10 nitrogen and oxygen atoms in total. The van der Waals surface area contributed by atoms with Gasteiger partial charge in [-0.3, -0.25) is 4.79 Å². The maximum atomic E-state index is 12.9. The van der Waals surface area contributed by atoms with Crippen molar-refractivity contribution >= 4 is 23.2 Å². The second-order valence-corrected chi connectivity index (χ2v) is 6.05. The van der Waals surface area contributed by atoms with Gasteiger partial charge in [-0.1, -0.05) is 11.6 Å². The molecule has 0 aliphatic rings. The predicted octanol–water partition coefficient (Wildman–Crippen LogP) is 1.75. The topological polar surface area (TPSA) is 116 Å². The van der Waals surface area contributed by atoms with Crippen molar-refractivity contribution in [2.75, 3.05) is 5.32 Å². The van der Waals surface area contributed by atoms with Crippen molar-refractivity contribution in [2.45, 2.75) is 6.54 Å². The summed E-state index contributed by atoms with van der Waals surface area (Å²) < 4.78 is 14.4. The Balaban J connectivity index is 1.54. The molecule has 2 aromatic heterocycles. The van der Waals surface area contributed by atoms with E-state index in [0.717, 1.165) is 4.80 Å². The van der Waals surface area contributed by atoms with Crippen LogP contribution in [0.3, 0.4) is 0 Å². The van der Waals surface area contributed by atoms with Crippen LogP contribution in [0.25, 0.3) is 17.1 Å². The zero-order chi connectivity index (χ0) is 19.5. The highest BCUT2D eigenvalue weighted by molar-refractivity contribution is 6.31. The quantitative estimate of drug-likeness (QED) is 0.543. The number of amides is 1. The number of carbonyl (C=O) groups is 1. The van der Waals surface area contributed by atoms with Gasteiger partial charge in [0.1, 0.15) is 18.7 Å². The van der Waals surface area contributed by atoms with Crippen LogP contribution < -0.4 is 5.32 Å². The van der Waals surface area contributed by atoms with Crippen LogP contribution in [0.2, 0.25) is 5.02 Å². The van der Waals surface area contributed by atoms with E-state index in [4.69, 9.17) is 11.6 Å². The normalized spacial score (nSPS) is 10.8. The number of nitrogens with one attached hydrogen (secondary N) is 1. The number of aromatic nitrogens is 8. The third kappa shape index (κ3) is 3.83. The van der Waals surface area contributed by atoms with Gasteiger partial charge in [0.2, 0.25) is 11.7 Å². The molecule has 0 saturated carbocycles. The van der Waals surface area contributed by atoms with E-state index in [1.165, 1.54) is 35.3 Å². The zero-order valence-electron chi connectivity index (χ0n) is 14.1. The van der Waals surface area contributed by atoms with Crippen LogP contribution in [0.4, 0.5) is 10.1 Å². The van der Waals surface area contributed by atoms with Crippen molar-refractivity contribution in [3.63, 3.8) is 0 Å². The number of rotatable bonds is 5. The number of benzene rings is 2. The number of nitrogens with zero attached hydrogens (tertiary/aromatic N) is 8. The summed E-state index contributed by atoms with van der Waals surface area (Å²) in [5.41, 5.74) is 1.61. The van der Waals surface area contributed by atoms with E-state index >= 15 is 0 Å². The monoisotopic (exact) mass is 399 g/mol. The van der Waals surface area contributed by atoms with E-state index in [1.807, 2.05) is 0 Å². The lowest BCUT2D eigenvalue weighted by Gasteiger charge is -2.05. The van der Waals surface area contributed by atoms with E-state index < -0.39 is 0 Å². The molecule has 12 heteroatoms. The molecule has 0 unspecified atom stereocenters. The lowest BCUT2D eigenvalue weighted by Crippen LogP contribution is -2.20. The van der Waals surface area contributed by atoms with Gasteiger partial charge < -0.3 is 5.32 Å². The summed E-state index contributed by atoms with van der Waals surface area (Å²) in [4.78, 5) is 13.3. The molecule has 1 amide bonds. The average molecular weight is 400 g/mol. The number of hydrogen-bond acceptors (Lipinski definition) is 7. The first-order valence-corrected chi connectivity index (χ1v) is 8.33. The van der Waals surface area contributed by atoms with Crippen molar-refractivity contribution in [1.82, 2.24) is 40.4 Å². The highest BCUT2D eigenvalue weighted by Crippen LogP contribution is 2.26. The highest BCUT2D eigenvalue weighted by atomic mass is 35.5. The Kier molecular flexibility index (Phi) is 4.72. The van der Waals surface area contributed by atoms with E-state index in [0.29, 0.717) is 22.0 Å². The van der Waals surface area contributed by atoms with Crippen molar-refractivity contribution in [3.05, 3.63) is 59.6 Å². The van der Waals surface area contributed by atoms with E-state index in [2.05, 4.69) is 36.3 Å². The van der Waals surface area contributed by atoms with Crippen LogP contribution in [0, 0.1) is 5.82 Å². The molecule has 0 bridgehead atoms. The third-order valence-electron chi connectivity index (χ3n) is 3.66. The number of carbonyl (C=O) groups excluding carboxylic acids is 1. The van der Waals surface area contributed by atoms with Gasteiger partial charge in [-0.05, 0) is 58.1 Å². The third-order valence-corrected chi connectivity index (χ3v) is 3.90. The minimum absolute atomic E-state index is 0.175. The molecule has 28 heavy (non-hydrogen) atoms. The Morgan fingerprint density at radius 1 is 1.14 bits per heavy atom. The minimum atomic E-state index is -0.388. The Bertz CT molecular complexity index is 1110. The van der Waals surface area contributed by atoms with Gasteiger partial charge in [-0.25, -0.2) is 4.39 Å². The molecule has 0 atom stereocenters. The summed E-state index contributed by atoms with van der Waals surface area (Å²) >= 11 is 6.09. The van der Waals surface area contributed by atoms with Crippen LogP contribution in [0.5, 0.6) is 0 Å².